The van der Waals surface area contributed by atoms with Crippen molar-refractivity contribution in [3.05, 3.63) is 18.3 Å². The first-order chi connectivity index (χ1) is 11.2. The van der Waals surface area contributed by atoms with Gasteiger partial charge >= 0.3 is 6.09 Å². The summed E-state index contributed by atoms with van der Waals surface area (Å²) in [7, 11) is 0. The first-order valence-electron chi connectivity index (χ1n) is 8.20. The van der Waals surface area contributed by atoms with Crippen LogP contribution in [0.4, 0.5) is 16.3 Å². The molecule has 7 nitrogen and oxygen atoms in total. The summed E-state index contributed by atoms with van der Waals surface area (Å²) in [6.45, 7) is 6.46. The highest BCUT2D eigenvalue weighted by molar-refractivity contribution is 5.95. The van der Waals surface area contributed by atoms with Gasteiger partial charge in [0.2, 0.25) is 5.91 Å². The van der Waals surface area contributed by atoms with Gasteiger partial charge in [-0.15, -0.1) is 0 Å². The molecule has 0 radical (unpaired) electrons. The number of carbonyl (C=O) groups excluding carboxylic acids is 1. The van der Waals surface area contributed by atoms with Crippen molar-refractivity contribution >= 4 is 23.5 Å². The number of nitrogens with two attached hydrogens (primary N) is 1. The van der Waals surface area contributed by atoms with Crippen molar-refractivity contribution < 1.29 is 14.7 Å². The Labute approximate surface area is 141 Å². The van der Waals surface area contributed by atoms with Crippen molar-refractivity contribution in [3.8, 4) is 0 Å². The van der Waals surface area contributed by atoms with Crippen LogP contribution in [0, 0.1) is 5.41 Å². The summed E-state index contributed by atoms with van der Waals surface area (Å²) >= 11 is 0. The van der Waals surface area contributed by atoms with E-state index in [1.165, 1.54) is 4.90 Å². The fourth-order valence-corrected chi connectivity index (χ4v) is 4.12. The van der Waals surface area contributed by atoms with E-state index in [4.69, 9.17) is 5.73 Å². The van der Waals surface area contributed by atoms with Crippen LogP contribution in [0.5, 0.6) is 0 Å². The standard InChI is InChI=1S/C17H24N4O3/c1-16(2,3)17-7-6-11(21(17)15(23)24)8-14(22)20(10-17)12-4-5-13(18)19-9-12/h4-5,9,11H,6-8,10H2,1-3H3,(H2,18,19)(H,23,24). The fourth-order valence-electron chi connectivity index (χ4n) is 4.12. The van der Waals surface area contributed by atoms with Crippen LogP contribution in [0.3, 0.4) is 0 Å². The molecule has 1 aromatic heterocycles. The van der Waals surface area contributed by atoms with Gasteiger partial charge in [-0.05, 0) is 30.4 Å². The number of anilines is 2. The van der Waals surface area contributed by atoms with Crippen LogP contribution >= 0.6 is 0 Å². The normalized spacial score (nSPS) is 27.3. The molecule has 0 saturated carbocycles. The minimum Gasteiger partial charge on any atom is -0.465 e. The average Bonchev–Trinajstić information content (AvgIpc) is 2.77. The van der Waals surface area contributed by atoms with Gasteiger partial charge in [0, 0.05) is 19.0 Å². The lowest BCUT2D eigenvalue weighted by atomic mass is 9.71. The number of hydrogen-bond acceptors (Lipinski definition) is 4. The Balaban J connectivity index is 2.08. The number of hydrogen-bond donors (Lipinski definition) is 2. The molecule has 0 aromatic carbocycles. The van der Waals surface area contributed by atoms with Gasteiger partial charge in [-0.3, -0.25) is 9.69 Å². The number of pyridine rings is 1. The Kier molecular flexibility index (Phi) is 3.69. The molecule has 2 unspecified atom stereocenters. The van der Waals surface area contributed by atoms with Gasteiger partial charge in [-0.25, -0.2) is 9.78 Å². The van der Waals surface area contributed by atoms with Crippen LogP contribution < -0.4 is 10.6 Å². The number of rotatable bonds is 1. The number of carboxylic acid groups (broad SMARTS) is 1. The van der Waals surface area contributed by atoms with E-state index in [-0.39, 0.29) is 23.8 Å². The van der Waals surface area contributed by atoms with Gasteiger partial charge in [0.05, 0.1) is 17.4 Å². The lowest BCUT2D eigenvalue weighted by Gasteiger charge is -2.48. The van der Waals surface area contributed by atoms with E-state index in [2.05, 4.69) is 4.98 Å². The molecule has 2 aliphatic heterocycles. The minimum absolute atomic E-state index is 0.0661. The van der Waals surface area contributed by atoms with E-state index >= 15 is 0 Å². The molecule has 0 spiro atoms. The van der Waals surface area contributed by atoms with Crippen LogP contribution in [0.2, 0.25) is 0 Å². The zero-order chi connectivity index (χ0) is 17.7. The first-order valence-corrected chi connectivity index (χ1v) is 8.20. The van der Waals surface area contributed by atoms with E-state index < -0.39 is 11.6 Å². The van der Waals surface area contributed by atoms with Crippen molar-refractivity contribution in [1.82, 2.24) is 9.88 Å². The summed E-state index contributed by atoms with van der Waals surface area (Å²) in [4.78, 5) is 32.0. The third-order valence-corrected chi connectivity index (χ3v) is 5.53. The maximum absolute atomic E-state index is 12.8. The lowest BCUT2D eigenvalue weighted by molar-refractivity contribution is -0.119. The smallest absolute Gasteiger partial charge is 0.408 e. The summed E-state index contributed by atoms with van der Waals surface area (Å²) in [6, 6.07) is 3.16. The number of fused-ring (bicyclic) bond motifs is 2. The molecule has 2 amide bonds. The molecule has 7 heteroatoms. The van der Waals surface area contributed by atoms with Gasteiger partial charge in [0.1, 0.15) is 5.82 Å². The first kappa shape index (κ1) is 16.5. The second-order valence-electron chi connectivity index (χ2n) is 7.75. The second-order valence-corrected chi connectivity index (χ2v) is 7.75. The van der Waals surface area contributed by atoms with Crippen molar-refractivity contribution in [1.29, 1.82) is 0 Å². The van der Waals surface area contributed by atoms with E-state index in [1.54, 1.807) is 23.2 Å². The molecule has 1 aromatic rings. The molecule has 130 valence electrons. The predicted octanol–water partition coefficient (Wildman–Crippen LogP) is 2.33. The van der Waals surface area contributed by atoms with Gasteiger partial charge in [-0.1, -0.05) is 20.8 Å². The zero-order valence-electron chi connectivity index (χ0n) is 14.3. The van der Waals surface area contributed by atoms with Crippen LogP contribution in [0.25, 0.3) is 0 Å². The van der Waals surface area contributed by atoms with E-state index in [0.717, 1.165) is 12.8 Å². The molecule has 2 saturated heterocycles. The molecule has 3 N–H and O–H groups in total. The van der Waals surface area contributed by atoms with Crippen LogP contribution in [-0.2, 0) is 4.79 Å². The Morgan fingerprint density at radius 3 is 2.67 bits per heavy atom. The highest BCUT2D eigenvalue weighted by Gasteiger charge is 2.58. The highest BCUT2D eigenvalue weighted by Crippen LogP contribution is 2.49. The SMILES string of the molecule is CC(C)(C)C12CCC(CC(=O)N(c3ccc(N)nc3)C1)N2C(=O)O. The van der Waals surface area contributed by atoms with E-state index in [9.17, 15) is 14.7 Å². The zero-order valence-corrected chi connectivity index (χ0v) is 14.3. The second kappa shape index (κ2) is 5.36. The number of amides is 2. The Hall–Kier alpha value is -2.31. The molecular formula is C17H24N4O3. The van der Waals surface area contributed by atoms with Crippen molar-refractivity contribution in [2.45, 2.75) is 51.6 Å². The van der Waals surface area contributed by atoms with Gasteiger partial charge < -0.3 is 15.7 Å². The monoisotopic (exact) mass is 332 g/mol. The molecule has 0 aliphatic carbocycles. The molecule has 2 fully saturated rings. The summed E-state index contributed by atoms with van der Waals surface area (Å²) in [5, 5.41) is 9.82. The number of carbonyl (C=O) groups is 2. The Morgan fingerprint density at radius 2 is 2.12 bits per heavy atom. The number of nitrogen functional groups attached to an aromatic ring is 1. The molecule has 3 rings (SSSR count). The Bertz CT molecular complexity index is 667. The summed E-state index contributed by atoms with van der Waals surface area (Å²) < 4.78 is 0. The largest absolute Gasteiger partial charge is 0.465 e. The molecule has 2 bridgehead atoms. The third kappa shape index (κ3) is 2.39. The molecular weight excluding hydrogens is 308 g/mol. The Morgan fingerprint density at radius 1 is 1.42 bits per heavy atom. The molecule has 2 aliphatic rings. The van der Waals surface area contributed by atoms with Crippen LogP contribution in [0.1, 0.15) is 40.0 Å². The quantitative estimate of drug-likeness (QED) is 0.822. The van der Waals surface area contributed by atoms with Gasteiger partial charge in [0.25, 0.3) is 0 Å². The maximum Gasteiger partial charge on any atom is 0.408 e. The summed E-state index contributed by atoms with van der Waals surface area (Å²) in [5.74, 6) is 0.323. The van der Waals surface area contributed by atoms with Crippen LogP contribution in [0.15, 0.2) is 18.3 Å². The summed E-state index contributed by atoms with van der Waals surface area (Å²) in [5.41, 5.74) is 5.39. The molecule has 24 heavy (non-hydrogen) atoms. The maximum atomic E-state index is 12.8. The topological polar surface area (TPSA) is 99.8 Å². The van der Waals surface area contributed by atoms with Gasteiger partial charge in [-0.2, -0.15) is 0 Å². The average molecular weight is 332 g/mol. The van der Waals surface area contributed by atoms with E-state index in [0.29, 0.717) is 18.1 Å². The third-order valence-electron chi connectivity index (χ3n) is 5.53. The summed E-state index contributed by atoms with van der Waals surface area (Å²) in [6.07, 6.45) is 2.31. The van der Waals surface area contributed by atoms with Crippen molar-refractivity contribution in [2.75, 3.05) is 17.2 Å². The number of nitrogens with zero attached hydrogens (tertiary/aromatic N) is 3. The fraction of sp³-hybridized carbons (Fsp3) is 0.588. The van der Waals surface area contributed by atoms with Gasteiger partial charge in [0.15, 0.2) is 0 Å². The number of aromatic nitrogens is 1. The van der Waals surface area contributed by atoms with E-state index in [1.807, 2.05) is 20.8 Å². The minimum atomic E-state index is -0.947. The highest BCUT2D eigenvalue weighted by atomic mass is 16.4. The molecule has 2 atom stereocenters. The molecule has 3 heterocycles. The predicted molar refractivity (Wildman–Crippen MR) is 90.7 cm³/mol. The van der Waals surface area contributed by atoms with Crippen molar-refractivity contribution in [2.24, 2.45) is 5.41 Å². The lowest BCUT2D eigenvalue weighted by Crippen LogP contribution is -2.61. The van der Waals surface area contributed by atoms with Crippen LogP contribution in [-0.4, -0.2) is 45.1 Å². The van der Waals surface area contributed by atoms with Crippen molar-refractivity contribution in [3.63, 3.8) is 0 Å².